The molecule has 2 N–H and O–H groups in total. The highest BCUT2D eigenvalue weighted by molar-refractivity contribution is 6.45. The maximum absolute atomic E-state index is 14.3. The van der Waals surface area contributed by atoms with Crippen LogP contribution >= 0.6 is 34.8 Å². The molecule has 4 rings (SSSR count). The molecule has 8 heteroatoms. The number of ether oxygens (including phenoxy) is 1. The number of hydrogen-bond acceptors (Lipinski definition) is 5. The molecular formula is C26H33Cl3O5. The summed E-state index contributed by atoms with van der Waals surface area (Å²) in [6.45, 7) is 11.4. The van der Waals surface area contributed by atoms with Crippen LogP contribution in [0.2, 0.25) is 0 Å². The molecule has 1 aromatic rings. The molecule has 5 nitrogen and oxygen atoms in total. The summed E-state index contributed by atoms with van der Waals surface area (Å²) in [5.41, 5.74) is -3.17. The SMILES string of the molecule is Cc1c(O)cc2c(c1O)C(=O)[C@@]1(Cl)C[C@@H](Cl)C(C)(C)O[C@@]1(CC1[C@@H](C)CC[C@H](Cl)C1(C)C)C2=O. The Morgan fingerprint density at radius 2 is 1.68 bits per heavy atom. The summed E-state index contributed by atoms with van der Waals surface area (Å²) >= 11 is 20.6. The van der Waals surface area contributed by atoms with Gasteiger partial charge in [0, 0.05) is 16.5 Å². The number of Topliss-reactive ketones (excluding diaryl/α,β-unsaturated/α-hetero) is 2. The number of rotatable bonds is 2. The Kier molecular flexibility index (Phi) is 6.13. The molecular weight excluding hydrogens is 499 g/mol. The van der Waals surface area contributed by atoms with E-state index in [9.17, 15) is 19.8 Å². The lowest BCUT2D eigenvalue weighted by atomic mass is 9.55. The largest absolute Gasteiger partial charge is 0.508 e. The number of ketones is 2. The van der Waals surface area contributed by atoms with Crippen molar-refractivity contribution in [3.05, 3.63) is 22.8 Å². The number of phenols is 2. The Hall–Kier alpha value is -1.01. The van der Waals surface area contributed by atoms with E-state index in [1.54, 1.807) is 13.8 Å². The first-order valence-corrected chi connectivity index (χ1v) is 13.1. The van der Waals surface area contributed by atoms with E-state index in [1.165, 1.54) is 13.0 Å². The Bertz CT molecular complexity index is 1070. The van der Waals surface area contributed by atoms with Gasteiger partial charge in [0.1, 0.15) is 16.4 Å². The Labute approximate surface area is 216 Å². The van der Waals surface area contributed by atoms with E-state index >= 15 is 0 Å². The number of aromatic hydroxyl groups is 2. The fourth-order valence-electron chi connectivity index (χ4n) is 6.35. The average Bonchev–Trinajstić information content (AvgIpc) is 2.74. The van der Waals surface area contributed by atoms with Crippen molar-refractivity contribution in [1.29, 1.82) is 0 Å². The van der Waals surface area contributed by atoms with Gasteiger partial charge in [-0.3, -0.25) is 9.59 Å². The first kappa shape index (κ1) is 26.1. The molecule has 0 aromatic heterocycles. The van der Waals surface area contributed by atoms with Crippen LogP contribution in [0.5, 0.6) is 11.5 Å². The van der Waals surface area contributed by atoms with Crippen molar-refractivity contribution in [2.24, 2.45) is 17.3 Å². The maximum atomic E-state index is 14.3. The van der Waals surface area contributed by atoms with E-state index in [-0.39, 0.29) is 57.9 Å². The summed E-state index contributed by atoms with van der Waals surface area (Å²) < 4.78 is 6.57. The molecule has 0 spiro atoms. The van der Waals surface area contributed by atoms with E-state index in [2.05, 4.69) is 20.8 Å². The number of carbonyl (C=O) groups is 2. The lowest BCUT2D eigenvalue weighted by molar-refractivity contribution is -0.174. The number of fused-ring (bicyclic) bond motifs is 2. The molecule has 1 saturated heterocycles. The van der Waals surface area contributed by atoms with Crippen molar-refractivity contribution in [3.8, 4) is 11.5 Å². The van der Waals surface area contributed by atoms with Gasteiger partial charge in [0.05, 0.1) is 16.5 Å². The van der Waals surface area contributed by atoms with Gasteiger partial charge >= 0.3 is 0 Å². The van der Waals surface area contributed by atoms with E-state index in [0.717, 1.165) is 12.8 Å². The molecule has 3 aliphatic rings. The van der Waals surface area contributed by atoms with Gasteiger partial charge in [0.2, 0.25) is 0 Å². The molecule has 1 saturated carbocycles. The third-order valence-corrected chi connectivity index (χ3v) is 10.9. The summed E-state index contributed by atoms with van der Waals surface area (Å²) in [4.78, 5) is 26.6. The zero-order chi connectivity index (χ0) is 25.6. The molecule has 1 aliphatic heterocycles. The normalized spacial score (nSPS) is 38.9. The Morgan fingerprint density at radius 1 is 1.06 bits per heavy atom. The van der Waals surface area contributed by atoms with Crippen molar-refractivity contribution in [1.82, 2.24) is 0 Å². The zero-order valence-corrected chi connectivity index (χ0v) is 22.7. The van der Waals surface area contributed by atoms with E-state index in [0.29, 0.717) is 0 Å². The van der Waals surface area contributed by atoms with Crippen LogP contribution in [0.3, 0.4) is 0 Å². The molecule has 6 atom stereocenters. The average molecular weight is 532 g/mol. The summed E-state index contributed by atoms with van der Waals surface area (Å²) in [5, 5.41) is 20.4. The summed E-state index contributed by atoms with van der Waals surface area (Å²) in [5.74, 6) is -1.69. The molecule has 2 aliphatic carbocycles. The second-order valence-corrected chi connectivity index (χ2v) is 13.3. The highest BCUT2D eigenvalue weighted by Crippen LogP contribution is 2.60. The van der Waals surface area contributed by atoms with Gasteiger partial charge in [-0.1, -0.05) is 20.8 Å². The quantitative estimate of drug-likeness (QED) is 0.433. The number of alkyl halides is 3. The first-order valence-electron chi connectivity index (χ1n) is 11.8. The topological polar surface area (TPSA) is 83.8 Å². The zero-order valence-electron chi connectivity index (χ0n) is 20.5. The van der Waals surface area contributed by atoms with Crippen LogP contribution in [0.15, 0.2) is 6.07 Å². The van der Waals surface area contributed by atoms with E-state index in [1.807, 2.05) is 0 Å². The second kappa shape index (κ2) is 7.99. The van der Waals surface area contributed by atoms with Crippen molar-refractivity contribution in [2.75, 3.05) is 0 Å². The number of carbonyl (C=O) groups excluding carboxylic acids is 2. The predicted octanol–water partition coefficient (Wildman–Crippen LogP) is 6.38. The van der Waals surface area contributed by atoms with Crippen molar-refractivity contribution in [2.45, 2.75) is 94.1 Å². The van der Waals surface area contributed by atoms with Gasteiger partial charge < -0.3 is 14.9 Å². The van der Waals surface area contributed by atoms with E-state index < -0.39 is 38.8 Å². The van der Waals surface area contributed by atoms with Gasteiger partial charge in [-0.25, -0.2) is 0 Å². The van der Waals surface area contributed by atoms with Gasteiger partial charge in [0.25, 0.3) is 0 Å². The maximum Gasteiger partial charge on any atom is 0.197 e. The smallest absolute Gasteiger partial charge is 0.197 e. The fraction of sp³-hybridized carbons (Fsp3) is 0.692. The molecule has 34 heavy (non-hydrogen) atoms. The molecule has 1 unspecified atom stereocenters. The van der Waals surface area contributed by atoms with Crippen LogP contribution in [0, 0.1) is 24.2 Å². The lowest BCUT2D eigenvalue weighted by Gasteiger charge is -2.59. The molecule has 0 radical (unpaired) electrons. The van der Waals surface area contributed by atoms with Crippen LogP contribution in [0.25, 0.3) is 0 Å². The van der Waals surface area contributed by atoms with Crippen molar-refractivity contribution < 1.29 is 24.5 Å². The van der Waals surface area contributed by atoms with Crippen LogP contribution < -0.4 is 0 Å². The van der Waals surface area contributed by atoms with Crippen molar-refractivity contribution in [3.63, 3.8) is 0 Å². The standard InChI is InChI=1S/C26H33Cl3O5/c1-12-7-8-17(27)23(3,4)15(12)10-26-21(32)14-9-16(30)13(2)20(31)19(14)22(33)25(26,29)11-18(28)24(5,6)34-26/h9,12,15,17-18,30-31H,7-8,10-11H2,1-6H3/t12-,15?,17-,18+,25-,26-/m0/s1. The lowest BCUT2D eigenvalue weighted by Crippen LogP contribution is -2.73. The highest BCUT2D eigenvalue weighted by atomic mass is 35.5. The van der Waals surface area contributed by atoms with Crippen LogP contribution in [-0.2, 0) is 4.74 Å². The number of halogens is 3. The minimum atomic E-state index is -1.81. The van der Waals surface area contributed by atoms with Crippen LogP contribution in [-0.4, -0.2) is 48.6 Å². The second-order valence-electron chi connectivity index (χ2n) is 11.6. The molecule has 188 valence electrons. The summed E-state index contributed by atoms with van der Waals surface area (Å²) in [7, 11) is 0. The molecule has 1 aromatic carbocycles. The van der Waals surface area contributed by atoms with Gasteiger partial charge in [-0.05, 0) is 69.8 Å². The highest BCUT2D eigenvalue weighted by Gasteiger charge is 2.71. The molecule has 1 heterocycles. The van der Waals surface area contributed by atoms with Gasteiger partial charge in [-0.15, -0.1) is 34.8 Å². The first-order chi connectivity index (χ1) is 15.5. The monoisotopic (exact) mass is 530 g/mol. The minimum Gasteiger partial charge on any atom is -0.508 e. The number of hydrogen-bond donors (Lipinski definition) is 2. The van der Waals surface area contributed by atoms with Crippen LogP contribution in [0.1, 0.15) is 86.6 Å². The number of benzene rings is 1. The molecule has 0 amide bonds. The summed E-state index contributed by atoms with van der Waals surface area (Å²) in [6.07, 6.45) is 1.92. The Balaban J connectivity index is 1.98. The van der Waals surface area contributed by atoms with Crippen molar-refractivity contribution >= 4 is 46.4 Å². The van der Waals surface area contributed by atoms with Gasteiger partial charge in [-0.2, -0.15) is 0 Å². The predicted molar refractivity (Wildman–Crippen MR) is 134 cm³/mol. The Morgan fingerprint density at radius 3 is 2.29 bits per heavy atom. The third-order valence-electron chi connectivity index (χ3n) is 8.85. The van der Waals surface area contributed by atoms with Crippen LogP contribution in [0.4, 0.5) is 0 Å². The molecule has 2 fully saturated rings. The van der Waals surface area contributed by atoms with Gasteiger partial charge in [0.15, 0.2) is 17.2 Å². The molecule has 0 bridgehead atoms. The van der Waals surface area contributed by atoms with E-state index in [4.69, 9.17) is 39.5 Å². The minimum absolute atomic E-state index is 0.00167. The summed E-state index contributed by atoms with van der Waals surface area (Å²) in [6, 6.07) is 1.24. The fourth-order valence-corrected chi connectivity index (χ4v) is 7.44. The third kappa shape index (κ3) is 3.37. The number of phenolic OH excluding ortho intramolecular Hbond substituents is 2.